The van der Waals surface area contributed by atoms with Gasteiger partial charge in [0.05, 0.1) is 6.61 Å². The van der Waals surface area contributed by atoms with E-state index in [2.05, 4.69) is 6.58 Å². The Bertz CT molecular complexity index is 347. The molecule has 1 N–H and O–H groups in total. The summed E-state index contributed by atoms with van der Waals surface area (Å²) in [7, 11) is -2.73. The maximum absolute atomic E-state index is 11.9. The van der Waals surface area contributed by atoms with Gasteiger partial charge in [0, 0.05) is 0 Å². The quantitative estimate of drug-likeness (QED) is 0.467. The number of carbonyl (C=O) groups excluding carboxylic acids is 1. The molecular formula is C11H19O4P. The first-order chi connectivity index (χ1) is 7.24. The predicted molar refractivity (Wildman–Crippen MR) is 62.9 cm³/mol. The van der Waals surface area contributed by atoms with Crippen LogP contribution in [0, 0.1) is 5.41 Å². The molecule has 1 rings (SSSR count). The highest BCUT2D eigenvalue weighted by atomic mass is 31.2. The van der Waals surface area contributed by atoms with E-state index >= 15 is 0 Å². The third-order valence-electron chi connectivity index (χ3n) is 2.90. The van der Waals surface area contributed by atoms with Crippen LogP contribution in [0.2, 0.25) is 0 Å². The van der Waals surface area contributed by atoms with Gasteiger partial charge in [-0.15, -0.1) is 0 Å². The van der Waals surface area contributed by atoms with Crippen molar-refractivity contribution in [3.05, 3.63) is 12.2 Å². The second-order valence-electron chi connectivity index (χ2n) is 4.79. The maximum Gasteiger partial charge on any atom is 0.315 e. The Morgan fingerprint density at radius 3 is 2.44 bits per heavy atom. The highest BCUT2D eigenvalue weighted by Gasteiger charge is 2.56. The first-order valence-corrected chi connectivity index (χ1v) is 7.97. The molecule has 1 aliphatic rings. The van der Waals surface area contributed by atoms with E-state index < -0.39 is 24.4 Å². The Morgan fingerprint density at radius 1 is 1.62 bits per heavy atom. The second-order valence-corrected chi connectivity index (χ2v) is 8.15. The molecule has 1 unspecified atom stereocenters. The molecule has 0 aromatic heterocycles. The van der Waals surface area contributed by atoms with Crippen molar-refractivity contribution in [2.75, 3.05) is 19.9 Å². The van der Waals surface area contributed by atoms with E-state index in [9.17, 15) is 14.5 Å². The first-order valence-electron chi connectivity index (χ1n) is 5.30. The topological polar surface area (TPSA) is 63.6 Å². The molecule has 16 heavy (non-hydrogen) atoms. The Labute approximate surface area is 96.1 Å². The first kappa shape index (κ1) is 13.5. The van der Waals surface area contributed by atoms with Gasteiger partial charge < -0.3 is 14.4 Å². The van der Waals surface area contributed by atoms with Crippen molar-refractivity contribution >= 4 is 13.1 Å². The molecule has 1 fully saturated rings. The lowest BCUT2D eigenvalue weighted by Crippen LogP contribution is -2.49. The molecule has 1 aliphatic carbocycles. The van der Waals surface area contributed by atoms with Gasteiger partial charge >= 0.3 is 5.97 Å². The largest absolute Gasteiger partial charge is 0.465 e. The lowest BCUT2D eigenvalue weighted by Gasteiger charge is -2.45. The van der Waals surface area contributed by atoms with Crippen LogP contribution in [0.5, 0.6) is 0 Å². The zero-order valence-corrected chi connectivity index (χ0v) is 10.9. The van der Waals surface area contributed by atoms with Crippen LogP contribution in [0.25, 0.3) is 0 Å². The van der Waals surface area contributed by atoms with Crippen molar-refractivity contribution in [3.63, 3.8) is 0 Å². The van der Waals surface area contributed by atoms with Gasteiger partial charge in [-0.1, -0.05) is 12.2 Å². The summed E-state index contributed by atoms with van der Waals surface area (Å²) >= 11 is 0. The Balaban J connectivity index is 2.95. The van der Waals surface area contributed by atoms with E-state index in [1.165, 1.54) is 13.3 Å². The molecule has 0 saturated heterocycles. The molecule has 1 saturated carbocycles. The molecule has 0 aromatic carbocycles. The number of hydrogen-bond donors (Lipinski definition) is 1. The maximum atomic E-state index is 11.9. The van der Waals surface area contributed by atoms with Crippen molar-refractivity contribution in [3.8, 4) is 0 Å². The van der Waals surface area contributed by atoms with Gasteiger partial charge in [-0.3, -0.25) is 4.79 Å². The van der Waals surface area contributed by atoms with Crippen LogP contribution in [-0.2, 0) is 14.1 Å². The monoisotopic (exact) mass is 246 g/mol. The molecule has 0 amide bonds. The van der Waals surface area contributed by atoms with Gasteiger partial charge in [0.25, 0.3) is 0 Å². The number of carbonyl (C=O) groups is 1. The molecule has 0 aliphatic heterocycles. The number of aliphatic hydroxyl groups is 1. The van der Waals surface area contributed by atoms with Crippen LogP contribution in [0.15, 0.2) is 12.2 Å². The Morgan fingerprint density at radius 2 is 2.12 bits per heavy atom. The fraction of sp³-hybridized carbons (Fsp3) is 0.727. The fourth-order valence-electron chi connectivity index (χ4n) is 2.14. The molecule has 0 radical (unpaired) electrons. The Hall–Kier alpha value is -0.600. The van der Waals surface area contributed by atoms with E-state index in [0.717, 1.165) is 5.57 Å². The van der Waals surface area contributed by atoms with Gasteiger partial charge in [-0.25, -0.2) is 0 Å². The molecule has 4 nitrogen and oxygen atoms in total. The van der Waals surface area contributed by atoms with Crippen molar-refractivity contribution in [1.82, 2.24) is 0 Å². The average Bonchev–Trinajstić information content (AvgIpc) is 2.10. The summed E-state index contributed by atoms with van der Waals surface area (Å²) in [5.41, 5.74) is -0.132. The van der Waals surface area contributed by atoms with E-state index in [1.54, 1.807) is 6.92 Å². The number of rotatable bonds is 4. The molecule has 0 bridgehead atoms. The molecule has 0 spiro atoms. The number of esters is 1. The van der Waals surface area contributed by atoms with Crippen molar-refractivity contribution in [2.24, 2.45) is 5.41 Å². The van der Waals surface area contributed by atoms with Gasteiger partial charge in [0.2, 0.25) is 0 Å². The lowest BCUT2D eigenvalue weighted by molar-refractivity contribution is -0.163. The summed E-state index contributed by atoms with van der Waals surface area (Å²) in [6, 6.07) is 0. The minimum absolute atomic E-state index is 0.261. The van der Waals surface area contributed by atoms with E-state index in [1.807, 2.05) is 0 Å². The standard InChI is InChI=1S/C11H19O4P/c1-5-15-9(12)11(6-8(2)7-11)10(13)16(3,4)14/h10,13H,2,5-7H2,1,3-4H3. The van der Waals surface area contributed by atoms with Crippen molar-refractivity contribution < 1.29 is 19.2 Å². The minimum atomic E-state index is -2.73. The predicted octanol–water partition coefficient (Wildman–Crippen LogP) is 1.83. The Kier molecular flexibility index (Phi) is 3.65. The summed E-state index contributed by atoms with van der Waals surface area (Å²) in [5, 5.41) is 10.1. The van der Waals surface area contributed by atoms with Gasteiger partial charge in [0.1, 0.15) is 18.4 Å². The normalized spacial score (nSPS) is 21.1. The van der Waals surface area contributed by atoms with E-state index in [-0.39, 0.29) is 6.61 Å². The number of hydrogen-bond acceptors (Lipinski definition) is 4. The molecular weight excluding hydrogens is 227 g/mol. The SMILES string of the molecule is C=C1CC(C(=O)OCC)(C(O)P(C)(C)=O)C1. The average molecular weight is 246 g/mol. The van der Waals surface area contributed by atoms with Gasteiger partial charge in [0.15, 0.2) is 0 Å². The van der Waals surface area contributed by atoms with Gasteiger partial charge in [-0.2, -0.15) is 0 Å². The van der Waals surface area contributed by atoms with Crippen LogP contribution < -0.4 is 0 Å². The van der Waals surface area contributed by atoms with Crippen LogP contribution in [-0.4, -0.2) is 36.9 Å². The van der Waals surface area contributed by atoms with Crippen LogP contribution >= 0.6 is 7.14 Å². The summed E-state index contributed by atoms with van der Waals surface area (Å²) < 4.78 is 16.8. The highest BCUT2D eigenvalue weighted by Crippen LogP contribution is 2.59. The molecule has 92 valence electrons. The zero-order chi connectivity index (χ0) is 12.6. The third-order valence-corrected chi connectivity index (χ3v) is 4.57. The summed E-state index contributed by atoms with van der Waals surface area (Å²) in [6.45, 7) is 8.70. The smallest absolute Gasteiger partial charge is 0.315 e. The third kappa shape index (κ3) is 2.23. The summed E-state index contributed by atoms with van der Waals surface area (Å²) in [5.74, 6) is -1.59. The highest BCUT2D eigenvalue weighted by molar-refractivity contribution is 7.62. The van der Waals surface area contributed by atoms with E-state index in [0.29, 0.717) is 12.8 Å². The molecule has 5 heteroatoms. The fourth-order valence-corrected chi connectivity index (χ4v) is 3.62. The lowest BCUT2D eigenvalue weighted by atomic mass is 9.66. The number of aliphatic hydroxyl groups excluding tert-OH is 1. The van der Waals surface area contributed by atoms with Crippen molar-refractivity contribution in [2.45, 2.75) is 25.6 Å². The number of ether oxygens (including phenoxy) is 1. The summed E-state index contributed by atoms with van der Waals surface area (Å²) in [4.78, 5) is 11.8. The zero-order valence-electron chi connectivity index (χ0n) is 10.0. The van der Waals surface area contributed by atoms with Gasteiger partial charge in [-0.05, 0) is 33.1 Å². The summed E-state index contributed by atoms with van der Waals surface area (Å²) in [6.07, 6.45) is 0.747. The van der Waals surface area contributed by atoms with Crippen LogP contribution in [0.1, 0.15) is 19.8 Å². The van der Waals surface area contributed by atoms with Crippen LogP contribution in [0.4, 0.5) is 0 Å². The molecule has 0 aromatic rings. The van der Waals surface area contributed by atoms with Crippen LogP contribution in [0.3, 0.4) is 0 Å². The molecule has 1 atom stereocenters. The second kappa shape index (κ2) is 4.34. The molecule has 0 heterocycles. The van der Waals surface area contributed by atoms with Crippen molar-refractivity contribution in [1.29, 1.82) is 0 Å². The van der Waals surface area contributed by atoms with E-state index in [4.69, 9.17) is 4.74 Å². The number of allylic oxidation sites excluding steroid dienone is 1. The minimum Gasteiger partial charge on any atom is -0.465 e.